The first-order valence-electron chi connectivity index (χ1n) is 10.3. The highest BCUT2D eigenvalue weighted by Crippen LogP contribution is 2.21. The van der Waals surface area contributed by atoms with Gasteiger partial charge in [-0.1, -0.05) is 11.6 Å². The molecule has 2 aromatic heterocycles. The molecule has 0 saturated carbocycles. The van der Waals surface area contributed by atoms with E-state index in [4.69, 9.17) is 4.98 Å². The second-order valence-corrected chi connectivity index (χ2v) is 7.50. The van der Waals surface area contributed by atoms with Crippen LogP contribution in [0.2, 0.25) is 0 Å². The Hall–Kier alpha value is -2.70. The number of rotatable bonds is 6. The molecule has 2 aromatic rings. The zero-order valence-electron chi connectivity index (χ0n) is 16.6. The van der Waals surface area contributed by atoms with Gasteiger partial charge in [0.2, 0.25) is 11.9 Å². The number of anilines is 3. The average Bonchev–Trinajstić information content (AvgIpc) is 2.75. The molecule has 1 fully saturated rings. The van der Waals surface area contributed by atoms with Crippen LogP contribution in [0.4, 0.5) is 17.7 Å². The average molecular weight is 380 g/mol. The van der Waals surface area contributed by atoms with Crippen LogP contribution in [-0.2, 0) is 0 Å². The lowest BCUT2D eigenvalue weighted by atomic mass is 9.97. The summed E-state index contributed by atoms with van der Waals surface area (Å²) in [6.07, 6.45) is 12.3. The molecule has 0 aromatic carbocycles. The van der Waals surface area contributed by atoms with E-state index < -0.39 is 0 Å². The van der Waals surface area contributed by atoms with Gasteiger partial charge in [0.25, 0.3) is 0 Å². The van der Waals surface area contributed by atoms with Crippen molar-refractivity contribution in [2.75, 3.05) is 47.8 Å². The Morgan fingerprint density at radius 3 is 2.43 bits per heavy atom. The first kappa shape index (κ1) is 18.7. The van der Waals surface area contributed by atoms with Gasteiger partial charge < -0.3 is 15.1 Å². The first-order chi connectivity index (χ1) is 13.8. The molecular formula is C21H29N7. The molecule has 7 heteroatoms. The predicted octanol–water partition coefficient (Wildman–Crippen LogP) is 3.20. The summed E-state index contributed by atoms with van der Waals surface area (Å²) >= 11 is 0. The number of nitrogens with zero attached hydrogens (tertiary/aromatic N) is 6. The summed E-state index contributed by atoms with van der Waals surface area (Å²) in [4.78, 5) is 22.6. The smallest absolute Gasteiger partial charge is 0.227 e. The van der Waals surface area contributed by atoms with Crippen molar-refractivity contribution in [1.29, 1.82) is 0 Å². The first-order valence-corrected chi connectivity index (χ1v) is 10.3. The number of nitrogens with one attached hydrogen (secondary N) is 1. The fourth-order valence-corrected chi connectivity index (χ4v) is 3.83. The Kier molecular flexibility index (Phi) is 5.99. The van der Waals surface area contributed by atoms with Crippen LogP contribution in [0.3, 0.4) is 0 Å². The number of hydrogen-bond acceptors (Lipinski definition) is 7. The molecule has 0 unspecified atom stereocenters. The van der Waals surface area contributed by atoms with Gasteiger partial charge in [-0.2, -0.15) is 4.98 Å². The summed E-state index contributed by atoms with van der Waals surface area (Å²) in [7, 11) is 0. The molecular weight excluding hydrogens is 350 g/mol. The summed E-state index contributed by atoms with van der Waals surface area (Å²) in [6, 6.07) is 3.88. The van der Waals surface area contributed by atoms with Crippen LogP contribution in [0.5, 0.6) is 0 Å². The van der Waals surface area contributed by atoms with Crippen molar-refractivity contribution in [3.8, 4) is 0 Å². The van der Waals surface area contributed by atoms with E-state index in [1.807, 2.05) is 19.1 Å². The van der Waals surface area contributed by atoms with E-state index in [1.165, 1.54) is 25.7 Å². The van der Waals surface area contributed by atoms with Gasteiger partial charge in [-0.15, -0.1) is 0 Å². The van der Waals surface area contributed by atoms with E-state index in [0.717, 1.165) is 62.6 Å². The fraction of sp³-hybridized carbons (Fsp3) is 0.524. The van der Waals surface area contributed by atoms with Crippen LogP contribution in [-0.4, -0.2) is 52.7 Å². The molecule has 1 saturated heterocycles. The maximum absolute atomic E-state index is 4.77. The Morgan fingerprint density at radius 1 is 0.964 bits per heavy atom. The molecule has 1 aliphatic carbocycles. The molecule has 0 radical (unpaired) electrons. The molecule has 3 heterocycles. The van der Waals surface area contributed by atoms with Crippen LogP contribution in [0.15, 0.2) is 36.2 Å². The minimum absolute atomic E-state index is 0.798. The summed E-state index contributed by atoms with van der Waals surface area (Å²) < 4.78 is 0. The predicted molar refractivity (Wildman–Crippen MR) is 113 cm³/mol. The molecule has 2 aliphatic rings. The second kappa shape index (κ2) is 8.99. The minimum Gasteiger partial charge on any atom is -0.370 e. The Labute approximate surface area is 166 Å². The van der Waals surface area contributed by atoms with E-state index in [9.17, 15) is 0 Å². The summed E-state index contributed by atoms with van der Waals surface area (Å²) in [6.45, 7) is 6.45. The topological polar surface area (TPSA) is 70.1 Å². The summed E-state index contributed by atoms with van der Waals surface area (Å²) in [5.41, 5.74) is 2.59. The molecule has 28 heavy (non-hydrogen) atoms. The van der Waals surface area contributed by atoms with Gasteiger partial charge in [-0.3, -0.25) is 0 Å². The highest BCUT2D eigenvalue weighted by Gasteiger charge is 2.21. The normalized spacial score (nSPS) is 17.4. The van der Waals surface area contributed by atoms with Crippen molar-refractivity contribution in [2.45, 2.75) is 39.0 Å². The molecule has 148 valence electrons. The van der Waals surface area contributed by atoms with E-state index >= 15 is 0 Å². The van der Waals surface area contributed by atoms with Crippen LogP contribution in [0, 0.1) is 6.92 Å². The Bertz CT molecular complexity index is 798. The standard InChI is InChI=1S/C21H29N7/c1-17-16-19(22-11-8-18-6-3-2-4-7-18)26-21(25-17)28-14-12-27(13-15-28)20-23-9-5-10-24-20/h5-6,9-10,16H,2-4,7-8,11-15H2,1H3,(H,22,25,26). The molecule has 0 spiro atoms. The fourth-order valence-electron chi connectivity index (χ4n) is 3.83. The Balaban J connectivity index is 1.34. The van der Waals surface area contributed by atoms with E-state index in [0.29, 0.717) is 0 Å². The van der Waals surface area contributed by atoms with Crippen molar-refractivity contribution >= 4 is 17.7 Å². The molecule has 0 bridgehead atoms. The zero-order valence-corrected chi connectivity index (χ0v) is 16.6. The van der Waals surface area contributed by atoms with Crippen LogP contribution >= 0.6 is 0 Å². The van der Waals surface area contributed by atoms with Gasteiger partial charge in [0.05, 0.1) is 0 Å². The quantitative estimate of drug-likeness (QED) is 0.773. The van der Waals surface area contributed by atoms with Crippen molar-refractivity contribution < 1.29 is 0 Å². The lowest BCUT2D eigenvalue weighted by Crippen LogP contribution is -2.47. The Morgan fingerprint density at radius 2 is 1.71 bits per heavy atom. The number of aryl methyl sites for hydroxylation is 1. The number of allylic oxidation sites excluding steroid dienone is 1. The molecule has 1 N–H and O–H groups in total. The number of piperazine rings is 1. The van der Waals surface area contributed by atoms with Crippen LogP contribution in [0.25, 0.3) is 0 Å². The van der Waals surface area contributed by atoms with Crippen molar-refractivity contribution in [2.24, 2.45) is 0 Å². The van der Waals surface area contributed by atoms with Gasteiger partial charge in [0, 0.05) is 56.9 Å². The lowest BCUT2D eigenvalue weighted by molar-refractivity contribution is 0.627. The van der Waals surface area contributed by atoms with Crippen molar-refractivity contribution in [3.63, 3.8) is 0 Å². The monoisotopic (exact) mass is 379 g/mol. The third-order valence-corrected chi connectivity index (χ3v) is 5.38. The largest absolute Gasteiger partial charge is 0.370 e. The maximum atomic E-state index is 4.77. The second-order valence-electron chi connectivity index (χ2n) is 7.50. The third-order valence-electron chi connectivity index (χ3n) is 5.38. The molecule has 4 rings (SSSR count). The van der Waals surface area contributed by atoms with Gasteiger partial charge in [0.15, 0.2) is 0 Å². The number of hydrogen-bond donors (Lipinski definition) is 1. The van der Waals surface area contributed by atoms with E-state index in [-0.39, 0.29) is 0 Å². The molecule has 1 aliphatic heterocycles. The molecule has 0 atom stereocenters. The summed E-state index contributed by atoms with van der Waals surface area (Å²) in [5.74, 6) is 2.53. The van der Waals surface area contributed by atoms with Crippen LogP contribution in [0.1, 0.15) is 37.8 Å². The molecule has 0 amide bonds. The van der Waals surface area contributed by atoms with Crippen molar-refractivity contribution in [1.82, 2.24) is 19.9 Å². The zero-order chi connectivity index (χ0) is 19.2. The highest BCUT2D eigenvalue weighted by atomic mass is 15.4. The summed E-state index contributed by atoms with van der Waals surface area (Å²) in [5, 5.41) is 3.50. The minimum atomic E-state index is 0.798. The maximum Gasteiger partial charge on any atom is 0.227 e. The third kappa shape index (κ3) is 4.77. The van der Waals surface area contributed by atoms with Gasteiger partial charge in [0.1, 0.15) is 5.82 Å². The van der Waals surface area contributed by atoms with E-state index in [2.05, 4.69) is 36.1 Å². The van der Waals surface area contributed by atoms with Gasteiger partial charge in [-0.25, -0.2) is 15.0 Å². The number of aromatic nitrogens is 4. The van der Waals surface area contributed by atoms with Crippen LogP contribution < -0.4 is 15.1 Å². The van der Waals surface area contributed by atoms with E-state index in [1.54, 1.807) is 18.0 Å². The SMILES string of the molecule is Cc1cc(NCCC2=CCCCC2)nc(N2CCN(c3ncccn3)CC2)n1. The van der Waals surface area contributed by atoms with Gasteiger partial charge >= 0.3 is 0 Å². The van der Waals surface area contributed by atoms with Gasteiger partial charge in [-0.05, 0) is 45.1 Å². The highest BCUT2D eigenvalue weighted by molar-refractivity contribution is 5.45. The lowest BCUT2D eigenvalue weighted by Gasteiger charge is -2.34. The molecule has 7 nitrogen and oxygen atoms in total. The van der Waals surface area contributed by atoms with Crippen molar-refractivity contribution in [3.05, 3.63) is 41.9 Å².